The molecule has 5 heteroatoms. The Bertz CT molecular complexity index is 409. The molecule has 1 saturated heterocycles. The Kier molecular flexibility index (Phi) is 4.48. The zero-order valence-electron chi connectivity index (χ0n) is 12.0. The maximum Gasteiger partial charge on any atom is 0.293 e. The van der Waals surface area contributed by atoms with Crippen molar-refractivity contribution < 1.29 is 19.4 Å². The lowest BCUT2D eigenvalue weighted by Crippen LogP contribution is -2.54. The highest BCUT2D eigenvalue weighted by Gasteiger charge is 2.56. The number of aliphatic hydroxyl groups excluding tert-OH is 1. The lowest BCUT2D eigenvalue weighted by atomic mass is 9.78. The van der Waals surface area contributed by atoms with E-state index in [0.717, 1.165) is 19.3 Å². The van der Waals surface area contributed by atoms with E-state index in [4.69, 9.17) is 4.74 Å². The van der Waals surface area contributed by atoms with Gasteiger partial charge in [-0.15, -0.1) is 0 Å². The summed E-state index contributed by atoms with van der Waals surface area (Å²) in [5.74, 6) is -0.570. The van der Waals surface area contributed by atoms with Crippen molar-refractivity contribution in [3.05, 3.63) is 12.2 Å². The highest BCUT2D eigenvalue weighted by atomic mass is 16.5. The van der Waals surface area contributed by atoms with Crippen molar-refractivity contribution in [3.8, 4) is 0 Å². The van der Waals surface area contributed by atoms with Gasteiger partial charge in [-0.25, -0.2) is 0 Å². The first-order valence-corrected chi connectivity index (χ1v) is 7.31. The van der Waals surface area contributed by atoms with Crippen LogP contribution in [0.1, 0.15) is 39.5 Å². The summed E-state index contributed by atoms with van der Waals surface area (Å²) in [6.07, 6.45) is 6.83. The summed E-state index contributed by atoms with van der Waals surface area (Å²) in [5.41, 5.74) is -0.988. The molecule has 0 saturated carbocycles. The first-order valence-electron chi connectivity index (χ1n) is 7.31. The van der Waals surface area contributed by atoms with E-state index in [0.29, 0.717) is 12.9 Å². The number of aliphatic hydroxyl groups is 1. The summed E-state index contributed by atoms with van der Waals surface area (Å²) in [6, 6.07) is -0.558. The van der Waals surface area contributed by atoms with E-state index in [1.807, 2.05) is 13.0 Å². The summed E-state index contributed by atoms with van der Waals surface area (Å²) < 4.78 is 5.24. The molecule has 2 aliphatic rings. The average Bonchev–Trinajstić information content (AvgIpc) is 2.70. The van der Waals surface area contributed by atoms with E-state index in [2.05, 4.69) is 11.4 Å². The zero-order valence-corrected chi connectivity index (χ0v) is 12.0. The second-order valence-corrected chi connectivity index (χ2v) is 5.86. The maximum absolute atomic E-state index is 12.1. The fourth-order valence-corrected chi connectivity index (χ4v) is 3.52. The Morgan fingerprint density at radius 3 is 2.95 bits per heavy atom. The van der Waals surface area contributed by atoms with Gasteiger partial charge in [-0.2, -0.15) is 0 Å². The smallest absolute Gasteiger partial charge is 0.293 e. The number of hydrogen-bond donors (Lipinski definition) is 2. The predicted molar refractivity (Wildman–Crippen MR) is 73.8 cm³/mol. The van der Waals surface area contributed by atoms with Crippen LogP contribution in [0.2, 0.25) is 0 Å². The summed E-state index contributed by atoms with van der Waals surface area (Å²) in [5, 5.41) is 13.4. The van der Waals surface area contributed by atoms with Crippen LogP contribution in [0, 0.1) is 11.8 Å². The minimum absolute atomic E-state index is 0.000710. The topological polar surface area (TPSA) is 75.6 Å². The molecule has 2 rings (SSSR count). The zero-order chi connectivity index (χ0) is 14.8. The largest absolute Gasteiger partial charge is 0.458 e. The first kappa shape index (κ1) is 15.0. The van der Waals surface area contributed by atoms with Gasteiger partial charge in [0, 0.05) is 5.92 Å². The summed E-state index contributed by atoms with van der Waals surface area (Å²) in [6.45, 7) is 3.99. The molecule has 2 N–H and O–H groups in total. The highest BCUT2D eigenvalue weighted by molar-refractivity contribution is 5.83. The summed E-state index contributed by atoms with van der Waals surface area (Å²) in [7, 11) is 0. The molecule has 1 aliphatic carbocycles. The molecule has 1 aliphatic heterocycles. The molecule has 5 atom stereocenters. The normalized spacial score (nSPS) is 38.4. The van der Waals surface area contributed by atoms with Crippen molar-refractivity contribution in [3.63, 3.8) is 0 Å². The number of carbonyl (C=O) groups is 2. The van der Waals surface area contributed by atoms with Crippen molar-refractivity contribution in [2.45, 2.75) is 57.3 Å². The Morgan fingerprint density at radius 1 is 1.65 bits per heavy atom. The van der Waals surface area contributed by atoms with Crippen molar-refractivity contribution in [1.82, 2.24) is 5.32 Å². The monoisotopic (exact) mass is 281 g/mol. The highest BCUT2D eigenvalue weighted by Crippen LogP contribution is 2.38. The van der Waals surface area contributed by atoms with Gasteiger partial charge in [0.1, 0.15) is 5.60 Å². The molecule has 0 aromatic rings. The third-order valence-electron chi connectivity index (χ3n) is 4.71. The van der Waals surface area contributed by atoms with Gasteiger partial charge in [-0.1, -0.05) is 19.1 Å². The average molecular weight is 281 g/mol. The van der Waals surface area contributed by atoms with Crippen LogP contribution in [0.4, 0.5) is 0 Å². The predicted octanol–water partition coefficient (Wildman–Crippen LogP) is 1.16. The van der Waals surface area contributed by atoms with Gasteiger partial charge in [0.2, 0.25) is 5.91 Å². The number of rotatable bonds is 5. The Morgan fingerprint density at radius 2 is 2.40 bits per heavy atom. The SMILES string of the molecule is CC[C@@H]1C(=O)N[C@@H]([C@@H](O)[C@@H]2C=CCCC2)[C@@]1(C)OC=O. The second-order valence-electron chi connectivity index (χ2n) is 5.86. The van der Waals surface area contributed by atoms with Crippen LogP contribution < -0.4 is 5.32 Å². The summed E-state index contributed by atoms with van der Waals surface area (Å²) in [4.78, 5) is 22.9. The van der Waals surface area contributed by atoms with Gasteiger partial charge in [0.05, 0.1) is 18.1 Å². The van der Waals surface area contributed by atoms with Crippen molar-refractivity contribution in [2.75, 3.05) is 0 Å². The van der Waals surface area contributed by atoms with E-state index >= 15 is 0 Å². The Balaban J connectivity index is 2.24. The molecular formula is C15H23NO4. The number of ether oxygens (including phenoxy) is 1. The van der Waals surface area contributed by atoms with Crippen LogP contribution in [0.15, 0.2) is 12.2 Å². The van der Waals surface area contributed by atoms with Crippen molar-refractivity contribution in [2.24, 2.45) is 11.8 Å². The molecule has 0 aromatic carbocycles. The first-order chi connectivity index (χ1) is 9.54. The van der Waals surface area contributed by atoms with E-state index in [1.165, 1.54) is 0 Å². The molecule has 0 bridgehead atoms. The third-order valence-corrected chi connectivity index (χ3v) is 4.71. The fraction of sp³-hybridized carbons (Fsp3) is 0.733. The van der Waals surface area contributed by atoms with Gasteiger partial charge in [-0.05, 0) is 32.6 Å². The fourth-order valence-electron chi connectivity index (χ4n) is 3.52. The van der Waals surface area contributed by atoms with E-state index in [1.54, 1.807) is 6.92 Å². The quantitative estimate of drug-likeness (QED) is 0.586. The van der Waals surface area contributed by atoms with Crippen LogP contribution >= 0.6 is 0 Å². The number of nitrogens with one attached hydrogen (secondary N) is 1. The second kappa shape index (κ2) is 5.95. The van der Waals surface area contributed by atoms with E-state index in [-0.39, 0.29) is 11.8 Å². The Labute approximate surface area is 119 Å². The van der Waals surface area contributed by atoms with Crippen molar-refractivity contribution >= 4 is 12.4 Å². The number of hydrogen-bond acceptors (Lipinski definition) is 4. The lowest BCUT2D eigenvalue weighted by molar-refractivity contribution is -0.152. The molecule has 0 radical (unpaired) electrons. The molecule has 0 aromatic heterocycles. The van der Waals surface area contributed by atoms with Gasteiger partial charge in [-0.3, -0.25) is 9.59 Å². The maximum atomic E-state index is 12.1. The molecule has 1 amide bonds. The molecule has 1 fully saturated rings. The number of carbonyl (C=O) groups excluding carboxylic acids is 2. The van der Waals surface area contributed by atoms with Gasteiger partial charge < -0.3 is 15.2 Å². The lowest BCUT2D eigenvalue weighted by Gasteiger charge is -2.37. The van der Waals surface area contributed by atoms with Crippen LogP contribution in [-0.2, 0) is 14.3 Å². The van der Waals surface area contributed by atoms with Crippen LogP contribution in [0.25, 0.3) is 0 Å². The van der Waals surface area contributed by atoms with E-state index < -0.39 is 23.7 Å². The Hall–Kier alpha value is -1.36. The van der Waals surface area contributed by atoms with Crippen LogP contribution in [-0.4, -0.2) is 35.2 Å². The molecule has 0 spiro atoms. The minimum atomic E-state index is -0.988. The van der Waals surface area contributed by atoms with Crippen LogP contribution in [0.5, 0.6) is 0 Å². The number of allylic oxidation sites excluding steroid dienone is 1. The van der Waals surface area contributed by atoms with Crippen LogP contribution in [0.3, 0.4) is 0 Å². The number of amides is 1. The standard InChI is InChI=1S/C15H23NO4/c1-3-11-14(19)16-13(15(11,2)20-9-17)12(18)10-7-5-4-6-8-10/h5,7,9-13,18H,3-4,6,8H2,1-2H3,(H,16,19)/t10-,11-,12+,13+,15+/m1/s1. The van der Waals surface area contributed by atoms with E-state index in [9.17, 15) is 14.7 Å². The molecular weight excluding hydrogens is 258 g/mol. The third kappa shape index (κ3) is 2.46. The molecule has 5 nitrogen and oxygen atoms in total. The van der Waals surface area contributed by atoms with Gasteiger partial charge >= 0.3 is 0 Å². The van der Waals surface area contributed by atoms with Gasteiger partial charge in [0.25, 0.3) is 6.47 Å². The molecule has 112 valence electrons. The van der Waals surface area contributed by atoms with Gasteiger partial charge in [0.15, 0.2) is 0 Å². The molecule has 0 unspecified atom stereocenters. The van der Waals surface area contributed by atoms with Crippen molar-refractivity contribution in [1.29, 1.82) is 0 Å². The molecule has 20 heavy (non-hydrogen) atoms. The molecule has 1 heterocycles. The minimum Gasteiger partial charge on any atom is -0.458 e. The summed E-state index contributed by atoms with van der Waals surface area (Å²) >= 11 is 0.